The van der Waals surface area contributed by atoms with Crippen LogP contribution in [0.5, 0.6) is 0 Å². The number of fused-ring (bicyclic) bond motifs is 3. The molecule has 1 aliphatic carbocycles. The van der Waals surface area contributed by atoms with Crippen LogP contribution >= 0.6 is 0 Å². The standard InChI is InChI=1S/C15H13B/c1-9-3-5-12-13-6-4-11(16)8-15(13)10(2)14(12)7-9/h3-8H,2,16H2,1H3. The number of hydrogen-bond acceptors (Lipinski definition) is 0. The van der Waals surface area contributed by atoms with Crippen molar-refractivity contribution >= 4 is 18.9 Å². The third-order valence-electron chi connectivity index (χ3n) is 3.29. The maximum Gasteiger partial charge on any atom is 0.139 e. The Morgan fingerprint density at radius 1 is 0.875 bits per heavy atom. The minimum Gasteiger partial charge on any atom is -0.0905 e. The van der Waals surface area contributed by atoms with Crippen molar-refractivity contribution in [2.24, 2.45) is 0 Å². The fourth-order valence-corrected chi connectivity index (χ4v) is 2.43. The molecule has 0 radical (unpaired) electrons. The van der Waals surface area contributed by atoms with E-state index in [4.69, 9.17) is 0 Å². The summed E-state index contributed by atoms with van der Waals surface area (Å²) in [5, 5.41) is 0. The monoisotopic (exact) mass is 204 g/mol. The highest BCUT2D eigenvalue weighted by Gasteiger charge is 2.21. The Balaban J connectivity index is 2.34. The van der Waals surface area contributed by atoms with E-state index in [9.17, 15) is 0 Å². The lowest BCUT2D eigenvalue weighted by molar-refractivity contribution is 1.46. The molecule has 0 saturated heterocycles. The van der Waals surface area contributed by atoms with Gasteiger partial charge in [0, 0.05) is 0 Å². The SMILES string of the molecule is Bc1ccc2c(c1)C(=C)c1cc(C)ccc1-2. The fourth-order valence-electron chi connectivity index (χ4n) is 2.43. The Morgan fingerprint density at radius 3 is 2.25 bits per heavy atom. The van der Waals surface area contributed by atoms with Gasteiger partial charge in [-0.3, -0.25) is 0 Å². The van der Waals surface area contributed by atoms with E-state index in [0.29, 0.717) is 0 Å². The molecule has 2 aromatic rings. The summed E-state index contributed by atoms with van der Waals surface area (Å²) in [4.78, 5) is 0. The van der Waals surface area contributed by atoms with Gasteiger partial charge in [0.05, 0.1) is 0 Å². The van der Waals surface area contributed by atoms with E-state index < -0.39 is 0 Å². The molecule has 0 aromatic heterocycles. The Morgan fingerprint density at radius 2 is 1.50 bits per heavy atom. The fraction of sp³-hybridized carbons (Fsp3) is 0.0667. The molecule has 16 heavy (non-hydrogen) atoms. The van der Waals surface area contributed by atoms with Gasteiger partial charge in [0.2, 0.25) is 0 Å². The normalized spacial score (nSPS) is 12.4. The smallest absolute Gasteiger partial charge is 0.0905 e. The Labute approximate surface area is 97.0 Å². The van der Waals surface area contributed by atoms with E-state index in [-0.39, 0.29) is 0 Å². The molecule has 3 rings (SSSR count). The molecule has 1 aliphatic rings. The second kappa shape index (κ2) is 3.12. The van der Waals surface area contributed by atoms with Gasteiger partial charge in [0.25, 0.3) is 0 Å². The molecule has 0 saturated carbocycles. The minimum absolute atomic E-state index is 1.16. The lowest BCUT2D eigenvalue weighted by Crippen LogP contribution is -2.01. The number of aryl methyl sites for hydroxylation is 1. The van der Waals surface area contributed by atoms with Crippen LogP contribution in [-0.4, -0.2) is 7.85 Å². The molecule has 0 aliphatic heterocycles. The summed E-state index contributed by atoms with van der Waals surface area (Å²) >= 11 is 0. The quantitative estimate of drug-likeness (QED) is 0.493. The zero-order valence-electron chi connectivity index (χ0n) is 9.67. The van der Waals surface area contributed by atoms with Crippen molar-refractivity contribution in [3.8, 4) is 11.1 Å². The van der Waals surface area contributed by atoms with E-state index >= 15 is 0 Å². The van der Waals surface area contributed by atoms with Gasteiger partial charge < -0.3 is 0 Å². The number of rotatable bonds is 0. The second-order valence-electron chi connectivity index (χ2n) is 4.58. The molecule has 0 fully saturated rings. The first-order chi connectivity index (χ1) is 7.66. The first-order valence-corrected chi connectivity index (χ1v) is 5.58. The maximum atomic E-state index is 4.22. The molecule has 0 amide bonds. The van der Waals surface area contributed by atoms with Gasteiger partial charge in [-0.1, -0.05) is 54.0 Å². The van der Waals surface area contributed by atoms with E-state index in [1.807, 2.05) is 0 Å². The van der Waals surface area contributed by atoms with E-state index in [2.05, 4.69) is 57.7 Å². The van der Waals surface area contributed by atoms with Crippen molar-refractivity contribution in [2.75, 3.05) is 0 Å². The molecule has 0 N–H and O–H groups in total. The van der Waals surface area contributed by atoms with Gasteiger partial charge in [-0.2, -0.15) is 0 Å². The molecule has 2 aromatic carbocycles. The summed E-state index contributed by atoms with van der Waals surface area (Å²) in [5.41, 5.74) is 8.99. The third-order valence-corrected chi connectivity index (χ3v) is 3.29. The molecule has 76 valence electrons. The highest BCUT2D eigenvalue weighted by atomic mass is 14.2. The summed E-state index contributed by atoms with van der Waals surface area (Å²) in [6, 6.07) is 13.2. The van der Waals surface area contributed by atoms with Crippen LogP contribution in [0.3, 0.4) is 0 Å². The van der Waals surface area contributed by atoms with Gasteiger partial charge in [-0.05, 0) is 34.8 Å². The molecular weight excluding hydrogens is 191 g/mol. The van der Waals surface area contributed by atoms with Crippen molar-refractivity contribution in [1.82, 2.24) is 0 Å². The Bertz CT molecular complexity index is 555. The van der Waals surface area contributed by atoms with Crippen LogP contribution in [0.2, 0.25) is 0 Å². The molecule has 0 unspecified atom stereocenters. The van der Waals surface area contributed by atoms with Gasteiger partial charge in [0.15, 0.2) is 0 Å². The second-order valence-corrected chi connectivity index (χ2v) is 4.58. The van der Waals surface area contributed by atoms with E-state index in [1.54, 1.807) is 0 Å². The average Bonchev–Trinajstić information content (AvgIpc) is 2.53. The molecule has 0 spiro atoms. The first kappa shape index (κ1) is 9.47. The van der Waals surface area contributed by atoms with Gasteiger partial charge in [0.1, 0.15) is 7.85 Å². The summed E-state index contributed by atoms with van der Waals surface area (Å²) in [7, 11) is 2.13. The highest BCUT2D eigenvalue weighted by molar-refractivity contribution is 6.32. The van der Waals surface area contributed by atoms with E-state index in [1.165, 1.54) is 33.3 Å². The van der Waals surface area contributed by atoms with Crippen molar-refractivity contribution in [3.05, 3.63) is 59.7 Å². The minimum atomic E-state index is 1.16. The molecule has 0 heterocycles. The number of hydrogen-bond donors (Lipinski definition) is 0. The molecule has 0 nitrogen and oxygen atoms in total. The average molecular weight is 204 g/mol. The van der Waals surface area contributed by atoms with Crippen LogP contribution in [0.15, 0.2) is 43.0 Å². The molecular formula is C15H13B. The van der Waals surface area contributed by atoms with Crippen LogP contribution in [-0.2, 0) is 0 Å². The predicted octanol–water partition coefficient (Wildman–Crippen LogP) is 2.30. The van der Waals surface area contributed by atoms with Crippen LogP contribution < -0.4 is 5.46 Å². The Hall–Kier alpha value is -1.76. The summed E-state index contributed by atoms with van der Waals surface area (Å²) < 4.78 is 0. The first-order valence-electron chi connectivity index (χ1n) is 5.58. The van der Waals surface area contributed by atoms with Crippen molar-refractivity contribution in [2.45, 2.75) is 6.92 Å². The van der Waals surface area contributed by atoms with Crippen molar-refractivity contribution in [1.29, 1.82) is 0 Å². The summed E-state index contributed by atoms with van der Waals surface area (Å²) in [6.45, 7) is 6.35. The Kier molecular flexibility index (Phi) is 1.84. The zero-order valence-corrected chi connectivity index (χ0v) is 9.67. The van der Waals surface area contributed by atoms with Crippen LogP contribution in [0, 0.1) is 6.92 Å². The summed E-state index contributed by atoms with van der Waals surface area (Å²) in [6.07, 6.45) is 0. The lowest BCUT2D eigenvalue weighted by atomic mass is 9.91. The third kappa shape index (κ3) is 1.18. The van der Waals surface area contributed by atoms with Crippen LogP contribution in [0.1, 0.15) is 16.7 Å². The lowest BCUT2D eigenvalue weighted by Gasteiger charge is -2.01. The van der Waals surface area contributed by atoms with Crippen molar-refractivity contribution < 1.29 is 0 Å². The topological polar surface area (TPSA) is 0 Å². The van der Waals surface area contributed by atoms with Gasteiger partial charge >= 0.3 is 0 Å². The van der Waals surface area contributed by atoms with E-state index in [0.717, 1.165) is 5.57 Å². The highest BCUT2D eigenvalue weighted by Crippen LogP contribution is 2.42. The largest absolute Gasteiger partial charge is 0.139 e. The summed E-state index contributed by atoms with van der Waals surface area (Å²) in [5.74, 6) is 0. The van der Waals surface area contributed by atoms with Gasteiger partial charge in [-0.25, -0.2) is 0 Å². The number of benzene rings is 2. The predicted molar refractivity (Wildman–Crippen MR) is 72.9 cm³/mol. The van der Waals surface area contributed by atoms with Crippen molar-refractivity contribution in [3.63, 3.8) is 0 Å². The maximum absolute atomic E-state index is 4.22. The zero-order chi connectivity index (χ0) is 11.3. The molecule has 0 atom stereocenters. The van der Waals surface area contributed by atoms with Gasteiger partial charge in [-0.15, -0.1) is 0 Å². The van der Waals surface area contributed by atoms with Crippen LogP contribution in [0.4, 0.5) is 0 Å². The molecule has 0 bridgehead atoms. The van der Waals surface area contributed by atoms with Crippen LogP contribution in [0.25, 0.3) is 16.7 Å². The molecule has 1 heteroatoms.